The van der Waals surface area contributed by atoms with Gasteiger partial charge < -0.3 is 29.6 Å². The third-order valence-electron chi connectivity index (χ3n) is 3.49. The number of methoxy groups -OCH3 is 3. The molecule has 0 spiro atoms. The first-order valence-electron chi connectivity index (χ1n) is 8.16. The maximum Gasteiger partial charge on any atom is 0.320 e. The molecule has 2 N–H and O–H groups in total. The predicted octanol–water partition coefficient (Wildman–Crippen LogP) is 2.92. The van der Waals surface area contributed by atoms with E-state index in [1.807, 2.05) is 18.2 Å². The second kappa shape index (κ2) is 10.5. The van der Waals surface area contributed by atoms with E-state index >= 15 is 0 Å². The van der Waals surface area contributed by atoms with E-state index in [1.54, 1.807) is 38.5 Å². The molecule has 2 amide bonds. The van der Waals surface area contributed by atoms with Crippen LogP contribution in [0.5, 0.6) is 23.0 Å². The van der Waals surface area contributed by atoms with E-state index in [9.17, 15) is 4.79 Å². The van der Waals surface area contributed by atoms with Gasteiger partial charge in [-0.2, -0.15) is 0 Å². The van der Waals surface area contributed by atoms with Crippen molar-refractivity contribution in [1.82, 2.24) is 5.32 Å². The van der Waals surface area contributed by atoms with Gasteiger partial charge in [0.25, 0.3) is 0 Å². The normalized spacial score (nSPS) is 9.44. The third-order valence-corrected chi connectivity index (χ3v) is 3.49. The highest BCUT2D eigenvalue weighted by atomic mass is 16.5. The fourth-order valence-electron chi connectivity index (χ4n) is 2.16. The smallest absolute Gasteiger partial charge is 0.320 e. The zero-order chi connectivity index (χ0) is 19.5. The average molecular weight is 370 g/mol. The number of urea groups is 1. The average Bonchev–Trinajstić information content (AvgIpc) is 2.71. The standard InChI is InChI=1S/C20H22N2O5/c1-24-15-10-11-16(19(14-15)26-3)22-20(23)21-12-6-7-13-27-18-9-5-4-8-17(18)25-2/h4-5,8-11,14H,12-13H2,1-3H3,(H2,21,22,23). The summed E-state index contributed by atoms with van der Waals surface area (Å²) in [4.78, 5) is 11.9. The van der Waals surface area contributed by atoms with Crippen LogP contribution in [0.1, 0.15) is 0 Å². The minimum Gasteiger partial charge on any atom is -0.497 e. The monoisotopic (exact) mass is 370 g/mol. The van der Waals surface area contributed by atoms with Crippen LogP contribution in [0.2, 0.25) is 0 Å². The van der Waals surface area contributed by atoms with Crippen LogP contribution in [0.15, 0.2) is 42.5 Å². The van der Waals surface area contributed by atoms with Crippen LogP contribution in [0.3, 0.4) is 0 Å². The molecular weight excluding hydrogens is 348 g/mol. The molecule has 0 unspecified atom stereocenters. The fourth-order valence-corrected chi connectivity index (χ4v) is 2.16. The molecule has 27 heavy (non-hydrogen) atoms. The summed E-state index contributed by atoms with van der Waals surface area (Å²) in [6.07, 6.45) is 0. The van der Waals surface area contributed by atoms with Crippen LogP contribution in [-0.2, 0) is 0 Å². The number of nitrogens with one attached hydrogen (secondary N) is 2. The highest BCUT2D eigenvalue weighted by Gasteiger charge is 2.08. The molecule has 0 fully saturated rings. The van der Waals surface area contributed by atoms with E-state index in [-0.39, 0.29) is 13.2 Å². The quantitative estimate of drug-likeness (QED) is 0.733. The highest BCUT2D eigenvalue weighted by molar-refractivity contribution is 5.91. The summed E-state index contributed by atoms with van der Waals surface area (Å²) < 4.78 is 21.1. The molecule has 0 aliphatic rings. The van der Waals surface area contributed by atoms with Gasteiger partial charge in [-0.3, -0.25) is 0 Å². The molecule has 0 aromatic heterocycles. The van der Waals surface area contributed by atoms with Crippen molar-refractivity contribution in [3.63, 3.8) is 0 Å². The highest BCUT2D eigenvalue weighted by Crippen LogP contribution is 2.28. The first-order valence-corrected chi connectivity index (χ1v) is 8.16. The second-order valence-electron chi connectivity index (χ2n) is 5.17. The lowest BCUT2D eigenvalue weighted by Crippen LogP contribution is -2.29. The molecule has 142 valence electrons. The second-order valence-corrected chi connectivity index (χ2v) is 5.17. The van der Waals surface area contributed by atoms with E-state index in [2.05, 4.69) is 22.5 Å². The number of carbonyl (C=O) groups excluding carboxylic acids is 1. The van der Waals surface area contributed by atoms with Crippen LogP contribution in [-0.4, -0.2) is 40.5 Å². The first kappa shape index (κ1) is 19.8. The van der Waals surface area contributed by atoms with Crippen LogP contribution < -0.4 is 29.6 Å². The molecule has 0 radical (unpaired) electrons. The Balaban J connectivity index is 1.78. The van der Waals surface area contributed by atoms with Crippen molar-refractivity contribution >= 4 is 11.7 Å². The number of benzene rings is 2. The number of rotatable bonds is 7. The minimum atomic E-state index is -0.390. The number of carbonyl (C=O) groups is 1. The van der Waals surface area contributed by atoms with Gasteiger partial charge in [0.15, 0.2) is 11.5 Å². The summed E-state index contributed by atoms with van der Waals surface area (Å²) >= 11 is 0. The lowest BCUT2D eigenvalue weighted by atomic mass is 10.2. The molecule has 2 aromatic carbocycles. The maximum absolute atomic E-state index is 11.9. The molecule has 0 aliphatic heterocycles. The summed E-state index contributed by atoms with van der Waals surface area (Å²) in [6.45, 7) is 0.371. The number of hydrogen-bond donors (Lipinski definition) is 2. The molecule has 7 nitrogen and oxygen atoms in total. The Morgan fingerprint density at radius 3 is 2.37 bits per heavy atom. The Bertz CT molecular complexity index is 827. The Hall–Kier alpha value is -3.53. The van der Waals surface area contributed by atoms with Crippen molar-refractivity contribution in [3.05, 3.63) is 42.5 Å². The van der Waals surface area contributed by atoms with Gasteiger partial charge >= 0.3 is 6.03 Å². The zero-order valence-corrected chi connectivity index (χ0v) is 15.5. The van der Waals surface area contributed by atoms with Crippen molar-refractivity contribution in [2.45, 2.75) is 0 Å². The van der Waals surface area contributed by atoms with Crippen LogP contribution >= 0.6 is 0 Å². The van der Waals surface area contributed by atoms with Crippen molar-refractivity contribution in [1.29, 1.82) is 0 Å². The van der Waals surface area contributed by atoms with Crippen molar-refractivity contribution in [2.75, 3.05) is 39.8 Å². The van der Waals surface area contributed by atoms with Crippen LogP contribution in [0.4, 0.5) is 10.5 Å². The summed E-state index contributed by atoms with van der Waals surface area (Å²) in [5.41, 5.74) is 0.531. The lowest BCUT2D eigenvalue weighted by Gasteiger charge is -2.11. The Labute approximate surface area is 158 Å². The molecule has 0 saturated heterocycles. The van der Waals surface area contributed by atoms with E-state index in [0.29, 0.717) is 28.7 Å². The molecule has 0 saturated carbocycles. The molecule has 0 atom stereocenters. The summed E-state index contributed by atoms with van der Waals surface area (Å²) in [7, 11) is 4.66. The topological polar surface area (TPSA) is 78.1 Å². The number of anilines is 1. The van der Waals surface area contributed by atoms with Crippen LogP contribution in [0.25, 0.3) is 0 Å². The van der Waals surface area contributed by atoms with Crippen molar-refractivity contribution in [3.8, 4) is 34.8 Å². The Morgan fingerprint density at radius 1 is 0.926 bits per heavy atom. The Kier molecular flexibility index (Phi) is 7.67. The van der Waals surface area contributed by atoms with Gasteiger partial charge in [-0.05, 0) is 24.3 Å². The first-order chi connectivity index (χ1) is 13.2. The van der Waals surface area contributed by atoms with Gasteiger partial charge in [0.1, 0.15) is 18.1 Å². The van der Waals surface area contributed by atoms with Crippen molar-refractivity contribution in [2.24, 2.45) is 0 Å². The maximum atomic E-state index is 11.9. The summed E-state index contributed by atoms with van der Waals surface area (Å²) in [5.74, 6) is 8.05. The largest absolute Gasteiger partial charge is 0.497 e. The molecule has 2 rings (SSSR count). The number of hydrogen-bond acceptors (Lipinski definition) is 5. The fraction of sp³-hybridized carbons (Fsp3) is 0.250. The van der Waals surface area contributed by atoms with E-state index in [4.69, 9.17) is 18.9 Å². The summed E-state index contributed by atoms with van der Waals surface area (Å²) in [5, 5.41) is 5.34. The SMILES string of the molecule is COc1ccc(NC(=O)NCC#CCOc2ccccc2OC)c(OC)c1. The number of para-hydroxylation sites is 2. The van der Waals surface area contributed by atoms with Gasteiger partial charge in [0.2, 0.25) is 0 Å². The molecule has 0 bridgehead atoms. The van der Waals surface area contributed by atoms with Crippen molar-refractivity contribution < 1.29 is 23.7 Å². The van der Waals surface area contributed by atoms with E-state index in [1.165, 1.54) is 7.11 Å². The lowest BCUT2D eigenvalue weighted by molar-refractivity contribution is 0.253. The molecule has 7 heteroatoms. The minimum absolute atomic E-state index is 0.180. The molecular formula is C20H22N2O5. The van der Waals surface area contributed by atoms with Gasteiger partial charge in [0, 0.05) is 6.07 Å². The van der Waals surface area contributed by atoms with Gasteiger partial charge in [-0.25, -0.2) is 4.79 Å². The number of amides is 2. The molecule has 2 aromatic rings. The van der Waals surface area contributed by atoms with Gasteiger partial charge in [-0.1, -0.05) is 24.0 Å². The zero-order valence-electron chi connectivity index (χ0n) is 15.5. The van der Waals surface area contributed by atoms with Gasteiger partial charge in [-0.15, -0.1) is 0 Å². The third kappa shape index (κ3) is 6.04. The van der Waals surface area contributed by atoms with Crippen LogP contribution in [0, 0.1) is 11.8 Å². The molecule has 0 heterocycles. The summed E-state index contributed by atoms with van der Waals surface area (Å²) in [6, 6.07) is 12.0. The molecule has 0 aliphatic carbocycles. The predicted molar refractivity (Wildman–Crippen MR) is 103 cm³/mol. The Morgan fingerprint density at radius 2 is 1.67 bits per heavy atom. The number of ether oxygens (including phenoxy) is 4. The van der Waals surface area contributed by atoms with E-state index in [0.717, 1.165) is 0 Å². The van der Waals surface area contributed by atoms with Gasteiger partial charge in [0.05, 0.1) is 33.6 Å². The van der Waals surface area contributed by atoms with E-state index < -0.39 is 6.03 Å².